The van der Waals surface area contributed by atoms with Gasteiger partial charge >= 0.3 is 0 Å². The predicted octanol–water partition coefficient (Wildman–Crippen LogP) is 2.99. The molecular weight excluding hydrogens is 334 g/mol. The average molecular weight is 351 g/mol. The third-order valence-corrected chi connectivity index (χ3v) is 5.87. The number of thiazole rings is 1. The number of fused-ring (bicyclic) bond motifs is 2. The zero-order valence-electron chi connectivity index (χ0n) is 13.6. The molecule has 5 nitrogen and oxygen atoms in total. The van der Waals surface area contributed by atoms with E-state index in [1.807, 2.05) is 33.9 Å². The summed E-state index contributed by atoms with van der Waals surface area (Å²) in [5.74, 6) is 0.0464. The fourth-order valence-corrected chi connectivity index (χ4v) is 4.24. The highest BCUT2D eigenvalue weighted by Gasteiger charge is 2.27. The van der Waals surface area contributed by atoms with E-state index in [2.05, 4.69) is 4.98 Å². The van der Waals surface area contributed by atoms with Gasteiger partial charge in [-0.15, -0.1) is 11.3 Å². The van der Waals surface area contributed by atoms with E-state index >= 15 is 0 Å². The molecule has 1 aliphatic heterocycles. The monoisotopic (exact) mass is 351 g/mol. The Morgan fingerprint density at radius 2 is 2.08 bits per heavy atom. The van der Waals surface area contributed by atoms with E-state index in [1.54, 1.807) is 22.9 Å². The van der Waals surface area contributed by atoms with E-state index in [0.29, 0.717) is 24.7 Å². The molecule has 0 spiro atoms. The van der Waals surface area contributed by atoms with Crippen molar-refractivity contribution in [1.29, 1.82) is 0 Å². The SMILES string of the molecule is O=C(c1ccc2ncsc2c1)N1CCc2cc(=O)n(C3CC3)cc2C1. The van der Waals surface area contributed by atoms with Crippen molar-refractivity contribution < 1.29 is 4.79 Å². The molecule has 126 valence electrons. The Labute approximate surface area is 148 Å². The van der Waals surface area contributed by atoms with Crippen molar-refractivity contribution in [3.8, 4) is 0 Å². The molecule has 0 radical (unpaired) electrons. The summed E-state index contributed by atoms with van der Waals surface area (Å²) >= 11 is 1.55. The number of rotatable bonds is 2. The fourth-order valence-electron chi connectivity index (χ4n) is 3.53. The van der Waals surface area contributed by atoms with Crippen molar-refractivity contribution in [2.75, 3.05) is 6.54 Å². The van der Waals surface area contributed by atoms with E-state index < -0.39 is 0 Å². The van der Waals surface area contributed by atoms with Gasteiger partial charge in [-0.1, -0.05) is 0 Å². The summed E-state index contributed by atoms with van der Waals surface area (Å²) in [6.45, 7) is 1.22. The number of hydrogen-bond donors (Lipinski definition) is 0. The molecule has 0 saturated heterocycles. The minimum Gasteiger partial charge on any atom is -0.334 e. The standard InChI is InChI=1S/C19H17N3O2S/c23-18-8-12-5-6-21(9-14(12)10-22(18)15-2-3-15)19(24)13-1-4-16-17(7-13)25-11-20-16/h1,4,7-8,10-11,15H,2-3,5-6,9H2. The molecule has 0 bridgehead atoms. The van der Waals surface area contributed by atoms with E-state index in [0.717, 1.165) is 40.6 Å². The van der Waals surface area contributed by atoms with Crippen molar-refractivity contribution in [3.05, 3.63) is 63.0 Å². The first-order valence-electron chi connectivity index (χ1n) is 8.55. The van der Waals surface area contributed by atoms with Crippen LogP contribution in [0.25, 0.3) is 10.2 Å². The molecule has 6 heteroatoms. The van der Waals surface area contributed by atoms with E-state index in [1.165, 1.54) is 0 Å². The maximum Gasteiger partial charge on any atom is 0.254 e. The quantitative estimate of drug-likeness (QED) is 0.713. The lowest BCUT2D eigenvalue weighted by Crippen LogP contribution is -2.37. The smallest absolute Gasteiger partial charge is 0.254 e. The number of hydrogen-bond acceptors (Lipinski definition) is 4. The summed E-state index contributed by atoms with van der Waals surface area (Å²) in [5, 5.41) is 0. The van der Waals surface area contributed by atoms with Crippen LogP contribution in [0.5, 0.6) is 0 Å². The first-order chi connectivity index (χ1) is 12.2. The molecule has 1 amide bonds. The van der Waals surface area contributed by atoms with Gasteiger partial charge in [-0.05, 0) is 48.6 Å². The molecule has 2 aliphatic rings. The van der Waals surface area contributed by atoms with Crippen LogP contribution in [0.1, 0.15) is 40.4 Å². The van der Waals surface area contributed by atoms with Crippen LogP contribution in [-0.4, -0.2) is 26.9 Å². The van der Waals surface area contributed by atoms with Crippen LogP contribution in [-0.2, 0) is 13.0 Å². The van der Waals surface area contributed by atoms with Gasteiger partial charge < -0.3 is 9.47 Å². The first-order valence-corrected chi connectivity index (χ1v) is 9.43. The molecule has 1 aliphatic carbocycles. The zero-order chi connectivity index (χ0) is 17.0. The summed E-state index contributed by atoms with van der Waals surface area (Å²) in [4.78, 5) is 31.2. The van der Waals surface area contributed by atoms with E-state index in [4.69, 9.17) is 0 Å². The number of nitrogens with zero attached hydrogens (tertiary/aromatic N) is 3. The number of pyridine rings is 1. The van der Waals surface area contributed by atoms with E-state index in [-0.39, 0.29) is 11.5 Å². The number of benzene rings is 1. The van der Waals surface area contributed by atoms with Crippen molar-refractivity contribution in [2.24, 2.45) is 0 Å². The van der Waals surface area contributed by atoms with Crippen molar-refractivity contribution in [3.63, 3.8) is 0 Å². The van der Waals surface area contributed by atoms with Crippen LogP contribution in [0.3, 0.4) is 0 Å². The Bertz CT molecular complexity index is 1050. The number of carbonyl (C=O) groups excluding carboxylic acids is 1. The second kappa shape index (κ2) is 5.52. The van der Waals surface area contributed by atoms with Gasteiger partial charge in [-0.2, -0.15) is 0 Å². The summed E-state index contributed by atoms with van der Waals surface area (Å²) in [7, 11) is 0. The van der Waals surface area contributed by atoms with Crippen LogP contribution in [0.4, 0.5) is 0 Å². The molecule has 25 heavy (non-hydrogen) atoms. The lowest BCUT2D eigenvalue weighted by atomic mass is 10.0. The molecule has 5 rings (SSSR count). The minimum absolute atomic E-state index is 0.0464. The summed E-state index contributed by atoms with van der Waals surface area (Å²) in [6.07, 6.45) is 4.87. The Morgan fingerprint density at radius 1 is 1.20 bits per heavy atom. The third-order valence-electron chi connectivity index (χ3n) is 5.08. The molecule has 3 aromatic rings. The molecular formula is C19H17N3O2S. The molecule has 1 saturated carbocycles. The van der Waals surface area contributed by atoms with Gasteiger partial charge in [-0.25, -0.2) is 4.98 Å². The largest absolute Gasteiger partial charge is 0.334 e. The number of carbonyl (C=O) groups is 1. The highest BCUT2D eigenvalue weighted by Crippen LogP contribution is 2.34. The van der Waals surface area contributed by atoms with Crippen LogP contribution >= 0.6 is 11.3 Å². The predicted molar refractivity (Wildman–Crippen MR) is 97.0 cm³/mol. The Balaban J connectivity index is 1.45. The van der Waals surface area contributed by atoms with Crippen LogP contribution in [0.2, 0.25) is 0 Å². The van der Waals surface area contributed by atoms with Crippen LogP contribution in [0.15, 0.2) is 40.8 Å². The van der Waals surface area contributed by atoms with Gasteiger partial charge in [0.2, 0.25) is 0 Å². The fraction of sp³-hybridized carbons (Fsp3) is 0.316. The van der Waals surface area contributed by atoms with Gasteiger partial charge in [-0.3, -0.25) is 9.59 Å². The Kier molecular flexibility index (Phi) is 3.28. The molecule has 1 fully saturated rings. The lowest BCUT2D eigenvalue weighted by molar-refractivity contribution is 0.0734. The van der Waals surface area contributed by atoms with Gasteiger partial charge in [0, 0.05) is 37.0 Å². The van der Waals surface area contributed by atoms with E-state index in [9.17, 15) is 9.59 Å². The minimum atomic E-state index is 0.0464. The van der Waals surface area contributed by atoms with Crippen LogP contribution < -0.4 is 5.56 Å². The zero-order valence-corrected chi connectivity index (χ0v) is 14.5. The second-order valence-corrected chi connectivity index (χ2v) is 7.70. The first kappa shape index (κ1) is 14.8. The highest BCUT2D eigenvalue weighted by molar-refractivity contribution is 7.16. The Morgan fingerprint density at radius 3 is 2.92 bits per heavy atom. The highest BCUT2D eigenvalue weighted by atomic mass is 32.1. The molecule has 2 aromatic heterocycles. The molecule has 3 heterocycles. The summed E-state index contributed by atoms with van der Waals surface area (Å²) < 4.78 is 2.88. The van der Waals surface area contributed by atoms with Gasteiger partial charge in [0.25, 0.3) is 11.5 Å². The van der Waals surface area contributed by atoms with Crippen LogP contribution in [0, 0.1) is 0 Å². The lowest BCUT2D eigenvalue weighted by Gasteiger charge is -2.29. The maximum absolute atomic E-state index is 12.9. The number of amides is 1. The second-order valence-electron chi connectivity index (χ2n) is 6.81. The van der Waals surface area contributed by atoms with Gasteiger partial charge in [0.1, 0.15) is 0 Å². The topological polar surface area (TPSA) is 55.2 Å². The van der Waals surface area contributed by atoms with Crippen molar-refractivity contribution in [1.82, 2.24) is 14.5 Å². The average Bonchev–Trinajstić information content (AvgIpc) is 3.36. The molecule has 0 N–H and O–H groups in total. The summed E-state index contributed by atoms with van der Waals surface area (Å²) in [6, 6.07) is 7.80. The van der Waals surface area contributed by atoms with Gasteiger partial charge in [0.15, 0.2) is 0 Å². The van der Waals surface area contributed by atoms with Crippen molar-refractivity contribution in [2.45, 2.75) is 31.8 Å². The summed E-state index contributed by atoms with van der Waals surface area (Å²) in [5.41, 5.74) is 5.72. The molecule has 1 aromatic carbocycles. The van der Waals surface area contributed by atoms with Gasteiger partial charge in [0.05, 0.1) is 15.7 Å². The Hall–Kier alpha value is -2.47. The molecule has 0 unspecified atom stereocenters. The number of aromatic nitrogens is 2. The van der Waals surface area contributed by atoms with Crippen molar-refractivity contribution >= 4 is 27.5 Å². The maximum atomic E-state index is 12.9. The third kappa shape index (κ3) is 2.57. The normalized spacial score (nSPS) is 16.9. The molecule has 0 atom stereocenters.